The molecule has 3 atom stereocenters. The Labute approximate surface area is 155 Å². The van der Waals surface area contributed by atoms with Gasteiger partial charge in [-0.1, -0.05) is 66.2 Å². The molecular weight excluding hydrogens is 316 g/mol. The fraction of sp³-hybridized carbons (Fsp3) is 0.857. The van der Waals surface area contributed by atoms with Gasteiger partial charge in [-0.2, -0.15) is 0 Å². The molecule has 0 aromatic carbocycles. The van der Waals surface area contributed by atoms with Crippen LogP contribution in [0.4, 0.5) is 0 Å². The fourth-order valence-electron chi connectivity index (χ4n) is 2.67. The van der Waals surface area contributed by atoms with Gasteiger partial charge in [-0.25, -0.2) is 0 Å². The molecule has 0 bridgehead atoms. The molecule has 1 radical (unpaired) electrons. The highest BCUT2D eigenvalue weighted by Gasteiger charge is 2.21. The molecule has 0 spiro atoms. The topological polar surface area (TPSA) is 52.6 Å². The molecule has 0 aliphatic carbocycles. The summed E-state index contributed by atoms with van der Waals surface area (Å²) in [7, 11) is 0. The molecule has 0 fully saturated rings. The number of unbranched alkanes of at least 4 members (excludes halogenated alkanes) is 2. The third-order valence-electron chi connectivity index (χ3n) is 4.77. The number of hydrogen-bond donors (Lipinski definition) is 0. The normalized spacial score (nSPS) is 14.6. The minimum Gasteiger partial charge on any atom is -0.465 e. The van der Waals surface area contributed by atoms with Gasteiger partial charge in [0.25, 0.3) is 0 Å². The summed E-state index contributed by atoms with van der Waals surface area (Å²) in [5.41, 5.74) is 0. The second-order valence-electron chi connectivity index (χ2n) is 7.05. The second-order valence-corrected chi connectivity index (χ2v) is 7.05. The number of carbonyl (C=O) groups is 2. The first-order valence-electron chi connectivity index (χ1n) is 10.1. The van der Waals surface area contributed by atoms with Gasteiger partial charge in [0.2, 0.25) is 0 Å². The van der Waals surface area contributed by atoms with Crippen molar-refractivity contribution in [3.8, 4) is 0 Å². The Hall–Kier alpha value is -1.06. The van der Waals surface area contributed by atoms with Gasteiger partial charge in [0.1, 0.15) is 0 Å². The van der Waals surface area contributed by atoms with Gasteiger partial charge in [-0.3, -0.25) is 9.59 Å². The molecule has 3 unspecified atom stereocenters. The first-order valence-corrected chi connectivity index (χ1v) is 10.1. The van der Waals surface area contributed by atoms with Crippen molar-refractivity contribution < 1.29 is 19.1 Å². The van der Waals surface area contributed by atoms with Crippen LogP contribution >= 0.6 is 0 Å². The van der Waals surface area contributed by atoms with Crippen LogP contribution in [0, 0.1) is 24.7 Å². The summed E-state index contributed by atoms with van der Waals surface area (Å²) >= 11 is 0. The molecule has 0 aromatic rings. The molecule has 25 heavy (non-hydrogen) atoms. The first-order chi connectivity index (χ1) is 12.0. The lowest BCUT2D eigenvalue weighted by Crippen LogP contribution is -2.23. The van der Waals surface area contributed by atoms with E-state index in [9.17, 15) is 9.59 Å². The van der Waals surface area contributed by atoms with Crippen molar-refractivity contribution in [3.63, 3.8) is 0 Å². The molecule has 4 nitrogen and oxygen atoms in total. The fourth-order valence-corrected chi connectivity index (χ4v) is 2.67. The van der Waals surface area contributed by atoms with Gasteiger partial charge >= 0.3 is 11.9 Å². The second kappa shape index (κ2) is 15.2. The van der Waals surface area contributed by atoms with Crippen molar-refractivity contribution in [3.05, 3.63) is 6.92 Å². The lowest BCUT2D eigenvalue weighted by Gasteiger charge is -2.17. The Balaban J connectivity index is 4.09. The molecule has 0 aliphatic rings. The van der Waals surface area contributed by atoms with Gasteiger partial charge in [0.15, 0.2) is 0 Å². The summed E-state index contributed by atoms with van der Waals surface area (Å²) in [4.78, 5) is 23.9. The molecule has 0 saturated heterocycles. The van der Waals surface area contributed by atoms with E-state index in [0.717, 1.165) is 51.4 Å². The van der Waals surface area contributed by atoms with Crippen molar-refractivity contribution in [2.45, 2.75) is 85.5 Å². The Morgan fingerprint density at radius 1 is 0.840 bits per heavy atom. The van der Waals surface area contributed by atoms with Crippen LogP contribution in [0.2, 0.25) is 0 Å². The zero-order chi connectivity index (χ0) is 19.1. The van der Waals surface area contributed by atoms with E-state index in [0.29, 0.717) is 25.0 Å². The van der Waals surface area contributed by atoms with E-state index in [1.165, 1.54) is 0 Å². The first kappa shape index (κ1) is 23.9. The van der Waals surface area contributed by atoms with Crippen LogP contribution in [0.25, 0.3) is 0 Å². The number of rotatable bonds is 15. The van der Waals surface area contributed by atoms with Crippen LogP contribution < -0.4 is 0 Å². The highest BCUT2D eigenvalue weighted by Crippen LogP contribution is 2.16. The third kappa shape index (κ3) is 12.0. The Morgan fingerprint density at radius 3 is 1.76 bits per heavy atom. The number of hydrogen-bond acceptors (Lipinski definition) is 4. The molecule has 0 N–H and O–H groups in total. The molecule has 0 aromatic heterocycles. The zero-order valence-corrected chi connectivity index (χ0v) is 16.9. The van der Waals surface area contributed by atoms with Crippen LogP contribution in [0.5, 0.6) is 0 Å². The van der Waals surface area contributed by atoms with Crippen molar-refractivity contribution in [1.29, 1.82) is 0 Å². The maximum Gasteiger partial charge on any atom is 0.309 e. The standard InChI is InChI=1S/C21H39O4/c1-6-10-12-18(8-3)15-24-20(22)14-17(5)21(23)25-16-19(9-4)13-11-7-2/h17-19H,5-16H2,1-4H3. The molecule has 0 aliphatic heterocycles. The minimum atomic E-state index is -0.688. The Morgan fingerprint density at radius 2 is 1.32 bits per heavy atom. The zero-order valence-electron chi connectivity index (χ0n) is 16.9. The summed E-state index contributed by atoms with van der Waals surface area (Å²) < 4.78 is 10.7. The van der Waals surface area contributed by atoms with Gasteiger partial charge in [0, 0.05) is 0 Å². The van der Waals surface area contributed by atoms with E-state index in [1.807, 2.05) is 0 Å². The number of esters is 2. The molecule has 0 heterocycles. The maximum absolute atomic E-state index is 12.0. The molecule has 4 heteroatoms. The average molecular weight is 356 g/mol. The summed E-state index contributed by atoms with van der Waals surface area (Å²) in [6.07, 6.45) is 8.72. The summed E-state index contributed by atoms with van der Waals surface area (Å²) in [6, 6.07) is 0. The molecular formula is C21H39O4. The highest BCUT2D eigenvalue weighted by atomic mass is 16.5. The van der Waals surface area contributed by atoms with Crippen molar-refractivity contribution in [2.75, 3.05) is 13.2 Å². The molecule has 147 valence electrons. The van der Waals surface area contributed by atoms with E-state index in [1.54, 1.807) is 0 Å². The lowest BCUT2D eigenvalue weighted by atomic mass is 10.0. The third-order valence-corrected chi connectivity index (χ3v) is 4.77. The SMILES string of the molecule is [CH2]C(CC(=O)OCC(CC)CCCC)C(=O)OCC(CC)CCCC. The van der Waals surface area contributed by atoms with Crippen LogP contribution in [-0.2, 0) is 19.1 Å². The predicted molar refractivity (Wildman–Crippen MR) is 102 cm³/mol. The summed E-state index contributed by atoms with van der Waals surface area (Å²) in [5, 5.41) is 0. The summed E-state index contributed by atoms with van der Waals surface area (Å²) in [6.45, 7) is 13.2. The maximum atomic E-state index is 12.0. The highest BCUT2D eigenvalue weighted by molar-refractivity contribution is 5.80. The minimum absolute atomic E-state index is 0.00516. The Bertz CT molecular complexity index is 354. The average Bonchev–Trinajstić information content (AvgIpc) is 2.61. The van der Waals surface area contributed by atoms with Crippen LogP contribution in [0.1, 0.15) is 85.5 Å². The van der Waals surface area contributed by atoms with Gasteiger partial charge in [-0.05, 0) is 31.6 Å². The largest absolute Gasteiger partial charge is 0.465 e. The molecule has 0 saturated carbocycles. The smallest absolute Gasteiger partial charge is 0.309 e. The van der Waals surface area contributed by atoms with Crippen LogP contribution in [0.15, 0.2) is 0 Å². The van der Waals surface area contributed by atoms with Crippen molar-refractivity contribution in [1.82, 2.24) is 0 Å². The van der Waals surface area contributed by atoms with Crippen molar-refractivity contribution in [2.24, 2.45) is 17.8 Å². The van der Waals surface area contributed by atoms with Gasteiger partial charge in [-0.15, -0.1) is 0 Å². The number of ether oxygens (including phenoxy) is 2. The Kier molecular flexibility index (Phi) is 14.6. The lowest BCUT2D eigenvalue weighted by molar-refractivity contribution is -0.155. The van der Waals surface area contributed by atoms with Crippen LogP contribution in [-0.4, -0.2) is 25.2 Å². The van der Waals surface area contributed by atoms with Gasteiger partial charge in [0.05, 0.1) is 25.6 Å². The van der Waals surface area contributed by atoms with Crippen LogP contribution in [0.3, 0.4) is 0 Å². The van der Waals surface area contributed by atoms with E-state index < -0.39 is 11.9 Å². The quantitative estimate of drug-likeness (QED) is 0.372. The van der Waals surface area contributed by atoms with E-state index in [4.69, 9.17) is 9.47 Å². The molecule has 0 amide bonds. The van der Waals surface area contributed by atoms with E-state index in [2.05, 4.69) is 34.6 Å². The monoisotopic (exact) mass is 355 g/mol. The van der Waals surface area contributed by atoms with Crippen molar-refractivity contribution >= 4 is 11.9 Å². The predicted octanol–water partition coefficient (Wildman–Crippen LogP) is 5.35. The van der Waals surface area contributed by atoms with E-state index >= 15 is 0 Å². The summed E-state index contributed by atoms with van der Waals surface area (Å²) in [5.74, 6) is -0.642. The van der Waals surface area contributed by atoms with E-state index in [-0.39, 0.29) is 12.4 Å². The molecule has 0 rings (SSSR count). The van der Waals surface area contributed by atoms with Gasteiger partial charge < -0.3 is 9.47 Å². The number of carbonyl (C=O) groups excluding carboxylic acids is 2.